The van der Waals surface area contributed by atoms with Crippen LogP contribution in [0.25, 0.3) is 0 Å². The second kappa shape index (κ2) is 16.2. The summed E-state index contributed by atoms with van der Waals surface area (Å²) in [6, 6.07) is 28.8. The van der Waals surface area contributed by atoms with Crippen molar-refractivity contribution in [3.05, 3.63) is 125 Å². The number of rotatable bonds is 13. The molecule has 0 heterocycles. The Bertz CT molecular complexity index is 1780. The molecule has 4 aromatic rings. The van der Waals surface area contributed by atoms with E-state index in [2.05, 4.69) is 5.32 Å². The normalized spacial score (nSPS) is 14.1. The zero-order valence-electron chi connectivity index (χ0n) is 27.3. The first-order valence-electron chi connectivity index (χ1n) is 16.3. The fraction of sp³-hybridized carbons (Fsp3) is 0.316. The van der Waals surface area contributed by atoms with Gasteiger partial charge in [0.1, 0.15) is 18.3 Å². The van der Waals surface area contributed by atoms with Crippen molar-refractivity contribution in [3.8, 4) is 5.75 Å². The molecule has 1 aliphatic rings. The molecule has 0 radical (unpaired) electrons. The van der Waals surface area contributed by atoms with Gasteiger partial charge in [-0.05, 0) is 67.3 Å². The van der Waals surface area contributed by atoms with Gasteiger partial charge in [-0.25, -0.2) is 8.42 Å². The predicted molar refractivity (Wildman–Crippen MR) is 190 cm³/mol. The van der Waals surface area contributed by atoms with Crippen molar-refractivity contribution in [2.45, 2.75) is 69.0 Å². The Morgan fingerprint density at radius 1 is 0.875 bits per heavy atom. The number of hydrogen-bond acceptors (Lipinski definition) is 5. The lowest BCUT2D eigenvalue weighted by Crippen LogP contribution is -2.55. The maximum atomic E-state index is 14.7. The lowest BCUT2D eigenvalue weighted by atomic mass is 9.94. The summed E-state index contributed by atoms with van der Waals surface area (Å²) in [6.45, 7) is 1.40. The summed E-state index contributed by atoms with van der Waals surface area (Å²) in [5, 5.41) is 3.77. The van der Waals surface area contributed by atoms with Gasteiger partial charge in [-0.15, -0.1) is 0 Å². The Hall–Kier alpha value is -4.34. The highest BCUT2D eigenvalue weighted by Gasteiger charge is 2.35. The van der Waals surface area contributed by atoms with E-state index in [1.54, 1.807) is 48.5 Å². The number of nitrogens with zero attached hydrogens (tertiary/aromatic N) is 2. The first-order valence-corrected chi connectivity index (χ1v) is 18.1. The number of methoxy groups -OCH3 is 1. The fourth-order valence-electron chi connectivity index (χ4n) is 6.02. The van der Waals surface area contributed by atoms with Crippen molar-refractivity contribution in [1.82, 2.24) is 10.2 Å². The number of halogens is 1. The number of hydrogen-bond donors (Lipinski definition) is 1. The van der Waals surface area contributed by atoms with Gasteiger partial charge in [0.05, 0.1) is 17.7 Å². The topological polar surface area (TPSA) is 96.0 Å². The van der Waals surface area contributed by atoms with Gasteiger partial charge in [0, 0.05) is 30.1 Å². The molecule has 10 heteroatoms. The summed E-state index contributed by atoms with van der Waals surface area (Å²) < 4.78 is 35.1. The third kappa shape index (κ3) is 8.96. The number of carbonyl (C=O) groups excluding carboxylic acids is 2. The molecule has 0 aliphatic heterocycles. The zero-order valence-corrected chi connectivity index (χ0v) is 28.9. The number of anilines is 1. The van der Waals surface area contributed by atoms with E-state index < -0.39 is 28.5 Å². The highest BCUT2D eigenvalue weighted by molar-refractivity contribution is 7.92. The third-order valence-corrected chi connectivity index (χ3v) is 10.8. The van der Waals surface area contributed by atoms with Crippen LogP contribution in [-0.4, -0.2) is 50.9 Å². The van der Waals surface area contributed by atoms with Gasteiger partial charge in [0.25, 0.3) is 10.0 Å². The molecule has 1 saturated carbocycles. The summed E-state index contributed by atoms with van der Waals surface area (Å²) in [7, 11) is -2.72. The Kier molecular flexibility index (Phi) is 11.8. The summed E-state index contributed by atoms with van der Waals surface area (Å²) in [5.41, 5.74) is 2.80. The minimum absolute atomic E-state index is 0.0206. The van der Waals surface area contributed by atoms with Crippen LogP contribution in [0.1, 0.15) is 48.8 Å². The van der Waals surface area contributed by atoms with Gasteiger partial charge in [-0.2, -0.15) is 0 Å². The Morgan fingerprint density at radius 3 is 2.23 bits per heavy atom. The van der Waals surface area contributed by atoms with Gasteiger partial charge in [0.15, 0.2) is 0 Å². The highest BCUT2D eigenvalue weighted by Crippen LogP contribution is 2.28. The van der Waals surface area contributed by atoms with E-state index in [4.69, 9.17) is 16.3 Å². The molecule has 48 heavy (non-hydrogen) atoms. The smallest absolute Gasteiger partial charge is 0.264 e. The summed E-state index contributed by atoms with van der Waals surface area (Å²) in [5.74, 6) is -0.346. The van der Waals surface area contributed by atoms with Crippen LogP contribution >= 0.6 is 11.6 Å². The van der Waals surface area contributed by atoms with Crippen LogP contribution in [0, 0.1) is 6.92 Å². The molecule has 5 rings (SSSR count). The maximum Gasteiger partial charge on any atom is 0.264 e. The number of benzene rings is 4. The van der Waals surface area contributed by atoms with Crippen LogP contribution in [0.3, 0.4) is 0 Å². The van der Waals surface area contributed by atoms with Gasteiger partial charge < -0.3 is 15.0 Å². The van der Waals surface area contributed by atoms with Crippen LogP contribution < -0.4 is 14.4 Å². The Morgan fingerprint density at radius 2 is 1.56 bits per heavy atom. The lowest BCUT2D eigenvalue weighted by Gasteiger charge is -2.35. The minimum atomic E-state index is -4.22. The quantitative estimate of drug-likeness (QED) is 0.164. The van der Waals surface area contributed by atoms with Gasteiger partial charge in [0.2, 0.25) is 11.8 Å². The highest BCUT2D eigenvalue weighted by atomic mass is 35.5. The molecule has 4 aromatic carbocycles. The molecule has 1 fully saturated rings. The second-order valence-electron chi connectivity index (χ2n) is 12.2. The first-order chi connectivity index (χ1) is 23.1. The minimum Gasteiger partial charge on any atom is -0.497 e. The summed E-state index contributed by atoms with van der Waals surface area (Å²) in [6.07, 6.45) is 5.22. The van der Waals surface area contributed by atoms with E-state index >= 15 is 0 Å². The largest absolute Gasteiger partial charge is 0.497 e. The van der Waals surface area contributed by atoms with Crippen molar-refractivity contribution in [1.29, 1.82) is 0 Å². The molecule has 1 N–H and O–H groups in total. The van der Waals surface area contributed by atoms with Crippen LogP contribution in [0.15, 0.2) is 108 Å². The molecule has 0 saturated heterocycles. The van der Waals surface area contributed by atoms with Crippen molar-refractivity contribution in [2.24, 2.45) is 0 Å². The van der Waals surface area contributed by atoms with Crippen LogP contribution in [0.4, 0.5) is 5.69 Å². The predicted octanol–water partition coefficient (Wildman–Crippen LogP) is 6.94. The molecule has 8 nitrogen and oxygen atoms in total. The van der Waals surface area contributed by atoms with E-state index in [1.807, 2.05) is 49.4 Å². The van der Waals surface area contributed by atoms with E-state index in [1.165, 1.54) is 24.1 Å². The molecular formula is C38H42ClN3O5S. The molecule has 0 bridgehead atoms. The number of sulfonamides is 1. The molecule has 1 atom stereocenters. The summed E-state index contributed by atoms with van der Waals surface area (Å²) >= 11 is 6.19. The Balaban J connectivity index is 1.57. The molecule has 0 aromatic heterocycles. The standard InChI is InChI=1S/C38H42ClN3O5S/c1-28-16-22-35(23-17-28)48(45,46)42(33-14-9-15-34(25-33)47-2)27-37(43)41(26-30-18-20-31(39)21-19-30)36(24-29-10-5-3-6-11-29)38(44)40-32-12-7-4-8-13-32/h3,5-6,9-11,14-23,25,32,36H,4,7-8,12-13,24,26-27H2,1-2H3,(H,40,44)/t36-/m1/s1. The summed E-state index contributed by atoms with van der Waals surface area (Å²) in [4.78, 5) is 30.5. The number of aryl methyl sites for hydroxylation is 1. The fourth-order valence-corrected chi connectivity index (χ4v) is 7.55. The van der Waals surface area contributed by atoms with Crippen molar-refractivity contribution in [3.63, 3.8) is 0 Å². The first kappa shape index (κ1) is 35.0. The van der Waals surface area contributed by atoms with Crippen LogP contribution in [0.5, 0.6) is 5.75 Å². The molecular weight excluding hydrogens is 646 g/mol. The third-order valence-electron chi connectivity index (χ3n) is 8.72. The number of amides is 2. The van der Waals surface area contributed by atoms with Gasteiger partial charge in [-0.3, -0.25) is 13.9 Å². The van der Waals surface area contributed by atoms with Crippen molar-refractivity contribution in [2.75, 3.05) is 18.0 Å². The molecule has 1 aliphatic carbocycles. The average molecular weight is 688 g/mol. The van der Waals surface area contributed by atoms with Gasteiger partial charge >= 0.3 is 0 Å². The van der Waals surface area contributed by atoms with Crippen LogP contribution in [0.2, 0.25) is 5.02 Å². The van der Waals surface area contributed by atoms with Crippen molar-refractivity contribution < 1.29 is 22.7 Å². The molecule has 2 amide bonds. The van der Waals surface area contributed by atoms with E-state index in [0.717, 1.165) is 53.1 Å². The maximum absolute atomic E-state index is 14.7. The van der Waals surface area contributed by atoms with Crippen LogP contribution in [-0.2, 0) is 32.6 Å². The number of nitrogens with one attached hydrogen (secondary N) is 1. The van der Waals surface area contributed by atoms with Gasteiger partial charge in [-0.1, -0.05) is 97.1 Å². The second-order valence-corrected chi connectivity index (χ2v) is 14.5. The van der Waals surface area contributed by atoms with E-state index in [-0.39, 0.29) is 35.5 Å². The number of carbonyl (C=O) groups is 2. The monoisotopic (exact) mass is 687 g/mol. The molecule has 252 valence electrons. The van der Waals surface area contributed by atoms with Crippen molar-refractivity contribution >= 4 is 39.1 Å². The Labute approximate surface area is 288 Å². The average Bonchev–Trinajstić information content (AvgIpc) is 3.10. The molecule has 0 unspecified atom stereocenters. The molecule has 0 spiro atoms. The number of ether oxygens (including phenoxy) is 1. The van der Waals surface area contributed by atoms with E-state index in [9.17, 15) is 18.0 Å². The SMILES string of the molecule is COc1cccc(N(CC(=O)N(Cc2ccc(Cl)cc2)[C@H](Cc2ccccc2)C(=O)NC2CCCCC2)S(=O)(=O)c2ccc(C)cc2)c1. The van der Waals surface area contributed by atoms with E-state index in [0.29, 0.717) is 10.8 Å². The lowest BCUT2D eigenvalue weighted by molar-refractivity contribution is -0.140. The zero-order chi connectivity index (χ0) is 34.1.